The van der Waals surface area contributed by atoms with Gasteiger partial charge in [-0.15, -0.1) is 0 Å². The first-order valence-electron chi connectivity index (χ1n) is 4.54. The molecule has 0 aliphatic heterocycles. The van der Waals surface area contributed by atoms with Crippen LogP contribution in [0, 0.1) is 13.8 Å². The Labute approximate surface area is 117 Å². The summed E-state index contributed by atoms with van der Waals surface area (Å²) in [4.78, 5) is 0. The first kappa shape index (κ1) is 36.2. The van der Waals surface area contributed by atoms with E-state index in [1.165, 1.54) is 0 Å². The van der Waals surface area contributed by atoms with Gasteiger partial charge in [0, 0.05) is 0 Å². The van der Waals surface area contributed by atoms with Crippen molar-refractivity contribution in [2.75, 3.05) is 13.1 Å². The monoisotopic (exact) mass is 302 g/mol. The standard InChI is InChI=1S/2C3H8N.2C2H5.2Zn/c2*1-2-3-4;2*1-2;;/h2*4H,2-3H2,1H3;2*1H2,2H3;;/q4*-1;2*+2. The third-order valence-corrected chi connectivity index (χ3v) is 0.500. The summed E-state index contributed by atoms with van der Waals surface area (Å²) in [7, 11) is 0. The summed E-state index contributed by atoms with van der Waals surface area (Å²) in [6.45, 7) is 15.1. The summed E-state index contributed by atoms with van der Waals surface area (Å²) in [6.07, 6.45) is 1.97. The van der Waals surface area contributed by atoms with Crippen LogP contribution >= 0.6 is 0 Å². The van der Waals surface area contributed by atoms with Gasteiger partial charge in [0.1, 0.15) is 0 Å². The molecule has 0 amide bonds. The summed E-state index contributed by atoms with van der Waals surface area (Å²) < 4.78 is 0. The first-order valence-corrected chi connectivity index (χ1v) is 4.54. The molecule has 0 unspecified atom stereocenters. The Kier molecular flexibility index (Phi) is 238. The van der Waals surface area contributed by atoms with Crippen molar-refractivity contribution in [3.05, 3.63) is 25.3 Å². The molecule has 4 heteroatoms. The van der Waals surface area contributed by atoms with Crippen LogP contribution in [-0.4, -0.2) is 13.1 Å². The van der Waals surface area contributed by atoms with E-state index in [4.69, 9.17) is 11.5 Å². The van der Waals surface area contributed by atoms with E-state index < -0.39 is 0 Å². The Morgan fingerprint density at radius 2 is 0.786 bits per heavy atom. The van der Waals surface area contributed by atoms with Crippen LogP contribution in [0.15, 0.2) is 0 Å². The maximum atomic E-state index is 6.45. The Bertz CT molecular complexity index is 24.1. The quantitative estimate of drug-likeness (QED) is 0.530. The van der Waals surface area contributed by atoms with E-state index in [9.17, 15) is 0 Å². The number of nitrogens with one attached hydrogen (secondary N) is 2. The Morgan fingerprint density at radius 1 is 0.714 bits per heavy atom. The average molecular weight is 305 g/mol. The molecule has 0 aromatic heterocycles. The van der Waals surface area contributed by atoms with Crippen LogP contribution in [0.2, 0.25) is 0 Å². The van der Waals surface area contributed by atoms with Crippen LogP contribution < -0.4 is 0 Å². The molecule has 0 rings (SSSR count). The predicted molar refractivity (Wildman–Crippen MR) is 61.0 cm³/mol. The van der Waals surface area contributed by atoms with E-state index in [0.717, 1.165) is 12.8 Å². The van der Waals surface area contributed by atoms with Gasteiger partial charge in [-0.1, -0.05) is 26.7 Å². The molecule has 0 aliphatic carbocycles. The molecule has 80 valence electrons. The van der Waals surface area contributed by atoms with Gasteiger partial charge in [0.15, 0.2) is 0 Å². The normalized spacial score (nSPS) is 5.14. The maximum absolute atomic E-state index is 6.45. The number of hydrogen-bond donors (Lipinski definition) is 0. The molecule has 0 aromatic rings. The van der Waals surface area contributed by atoms with Gasteiger partial charge in [0.2, 0.25) is 0 Å². The second kappa shape index (κ2) is 92.0. The summed E-state index contributed by atoms with van der Waals surface area (Å²) in [5.41, 5.74) is 12.9. The molecule has 0 radical (unpaired) electrons. The SMILES string of the molecule is CCC[NH-].CCC[NH-].[CH2-]C.[CH2-]C.[Zn+2].[Zn+2]. The fraction of sp³-hybridized carbons (Fsp3) is 0.800. The molecular weight excluding hydrogens is 279 g/mol. The topological polar surface area (TPSA) is 47.6 Å². The molecular formula is C10H26N2Zn2. The summed E-state index contributed by atoms with van der Waals surface area (Å²) in [5, 5.41) is 0. The van der Waals surface area contributed by atoms with Crippen LogP contribution in [0.1, 0.15) is 40.5 Å². The van der Waals surface area contributed by atoms with Crippen LogP contribution in [0.3, 0.4) is 0 Å². The van der Waals surface area contributed by atoms with Crippen molar-refractivity contribution in [3.63, 3.8) is 0 Å². The van der Waals surface area contributed by atoms with E-state index in [0.29, 0.717) is 13.1 Å². The van der Waals surface area contributed by atoms with Gasteiger partial charge in [0.05, 0.1) is 0 Å². The fourth-order valence-electron chi connectivity index (χ4n) is 0. The molecule has 0 aromatic carbocycles. The van der Waals surface area contributed by atoms with Gasteiger partial charge < -0.3 is 25.3 Å². The third-order valence-electron chi connectivity index (χ3n) is 0.500. The van der Waals surface area contributed by atoms with E-state index in [2.05, 4.69) is 13.8 Å². The minimum atomic E-state index is 0. The zero-order chi connectivity index (χ0) is 10.8. The molecule has 0 saturated carbocycles. The second-order valence-corrected chi connectivity index (χ2v) is 1.50. The Hall–Kier alpha value is 1.17. The minimum absolute atomic E-state index is 0. The Balaban J connectivity index is -0.0000000153. The van der Waals surface area contributed by atoms with Crippen molar-refractivity contribution in [2.45, 2.75) is 40.5 Å². The molecule has 0 saturated heterocycles. The van der Waals surface area contributed by atoms with E-state index in [1.54, 1.807) is 13.8 Å². The van der Waals surface area contributed by atoms with Crippen molar-refractivity contribution in [1.82, 2.24) is 0 Å². The molecule has 0 heterocycles. The summed E-state index contributed by atoms with van der Waals surface area (Å²) in [6, 6.07) is 0. The van der Waals surface area contributed by atoms with Gasteiger partial charge in [-0.05, 0) is 0 Å². The minimum Gasteiger partial charge on any atom is -0.677 e. The fourth-order valence-corrected chi connectivity index (χ4v) is 0. The summed E-state index contributed by atoms with van der Waals surface area (Å²) >= 11 is 0. The molecule has 0 spiro atoms. The van der Waals surface area contributed by atoms with Crippen LogP contribution in [0.25, 0.3) is 11.5 Å². The smallest absolute Gasteiger partial charge is 0.677 e. The van der Waals surface area contributed by atoms with Crippen LogP contribution in [0.4, 0.5) is 0 Å². The van der Waals surface area contributed by atoms with Gasteiger partial charge >= 0.3 is 39.0 Å². The maximum Gasteiger partial charge on any atom is 2.00 e. The van der Waals surface area contributed by atoms with Crippen LogP contribution in [0.5, 0.6) is 0 Å². The van der Waals surface area contributed by atoms with Crippen molar-refractivity contribution >= 4 is 0 Å². The largest absolute Gasteiger partial charge is 2.00 e. The van der Waals surface area contributed by atoms with Gasteiger partial charge in [-0.25, -0.2) is 0 Å². The zero-order valence-electron chi connectivity index (χ0n) is 10.7. The summed E-state index contributed by atoms with van der Waals surface area (Å²) in [5.74, 6) is 0. The molecule has 0 fully saturated rings. The molecule has 2 N–H and O–H groups in total. The Morgan fingerprint density at radius 3 is 0.786 bits per heavy atom. The molecule has 0 aliphatic rings. The van der Waals surface area contributed by atoms with E-state index in [1.807, 2.05) is 13.8 Å². The zero-order valence-corrected chi connectivity index (χ0v) is 16.6. The van der Waals surface area contributed by atoms with Crippen molar-refractivity contribution in [1.29, 1.82) is 0 Å². The van der Waals surface area contributed by atoms with Crippen LogP contribution in [-0.2, 0) is 39.0 Å². The van der Waals surface area contributed by atoms with Crippen molar-refractivity contribution in [2.24, 2.45) is 0 Å². The predicted octanol–water partition coefficient (Wildman–Crippen LogP) is 4.57. The molecule has 0 atom stereocenters. The second-order valence-electron chi connectivity index (χ2n) is 1.50. The molecule has 14 heavy (non-hydrogen) atoms. The average Bonchev–Trinajstić information content (AvgIpc) is 2.23. The number of rotatable bonds is 2. The van der Waals surface area contributed by atoms with Gasteiger partial charge in [-0.3, -0.25) is 0 Å². The first-order chi connectivity index (χ1) is 5.83. The van der Waals surface area contributed by atoms with Gasteiger partial charge in [0.25, 0.3) is 0 Å². The van der Waals surface area contributed by atoms with E-state index in [-0.39, 0.29) is 39.0 Å². The molecule has 0 bridgehead atoms. The van der Waals surface area contributed by atoms with Crippen molar-refractivity contribution < 1.29 is 39.0 Å². The number of hydrogen-bond acceptors (Lipinski definition) is 0. The van der Waals surface area contributed by atoms with E-state index >= 15 is 0 Å². The third kappa shape index (κ3) is 194. The van der Waals surface area contributed by atoms with Gasteiger partial charge in [-0.2, -0.15) is 26.9 Å². The van der Waals surface area contributed by atoms with Crippen molar-refractivity contribution in [3.8, 4) is 0 Å². The molecule has 2 nitrogen and oxygen atoms in total.